The molecule has 7 heteroatoms. The molecule has 1 atom stereocenters. The Morgan fingerprint density at radius 2 is 2.00 bits per heavy atom. The van der Waals surface area contributed by atoms with Gasteiger partial charge in [-0.25, -0.2) is 0 Å². The van der Waals surface area contributed by atoms with Crippen LogP contribution >= 0.6 is 24.0 Å². The average molecular weight is 403 g/mol. The predicted octanol–water partition coefficient (Wildman–Crippen LogP) is 0.969. The minimum Gasteiger partial charge on any atom is -0.389 e. The predicted molar refractivity (Wildman–Crippen MR) is 92.7 cm³/mol. The maximum atomic E-state index is 9.62. The molecule has 0 rings (SSSR count). The number of rotatable bonds is 11. The zero-order valence-corrected chi connectivity index (χ0v) is 15.1. The number of aliphatic imine (C=N–C) groups is 1. The summed E-state index contributed by atoms with van der Waals surface area (Å²) in [4.78, 5) is 4.05. The molecule has 0 spiro atoms. The van der Waals surface area contributed by atoms with Crippen LogP contribution in [0.15, 0.2) is 4.99 Å². The van der Waals surface area contributed by atoms with Crippen LogP contribution in [0.4, 0.5) is 0 Å². The Morgan fingerprint density at radius 1 is 1.30 bits per heavy atom. The number of guanidine groups is 1. The van der Waals surface area contributed by atoms with E-state index in [1.54, 1.807) is 0 Å². The Labute approximate surface area is 139 Å². The number of aliphatic hydroxyl groups is 1. The van der Waals surface area contributed by atoms with Crippen LogP contribution in [-0.2, 0) is 9.47 Å². The maximum absolute atomic E-state index is 9.62. The van der Waals surface area contributed by atoms with Gasteiger partial charge in [0.25, 0.3) is 0 Å². The first kappa shape index (κ1) is 22.2. The highest BCUT2D eigenvalue weighted by Gasteiger charge is 2.04. The maximum Gasteiger partial charge on any atom is 0.188 e. The summed E-state index contributed by atoms with van der Waals surface area (Å²) < 4.78 is 10.5. The summed E-state index contributed by atoms with van der Waals surface area (Å²) in [5.41, 5.74) is 5.66. The summed E-state index contributed by atoms with van der Waals surface area (Å²) in [5.74, 6) is 0.812. The third-order valence-electron chi connectivity index (χ3n) is 2.21. The van der Waals surface area contributed by atoms with Crippen molar-refractivity contribution in [2.75, 3.05) is 39.5 Å². The van der Waals surface area contributed by atoms with Crippen molar-refractivity contribution in [2.24, 2.45) is 16.6 Å². The van der Waals surface area contributed by atoms with Gasteiger partial charge < -0.3 is 25.6 Å². The van der Waals surface area contributed by atoms with Crippen molar-refractivity contribution in [1.82, 2.24) is 5.32 Å². The number of aliphatic hydroxyl groups excluding tert-OH is 1. The van der Waals surface area contributed by atoms with E-state index in [-0.39, 0.29) is 30.5 Å². The van der Waals surface area contributed by atoms with Crippen LogP contribution in [0, 0.1) is 5.92 Å². The SMILES string of the molecule is CCOCCCNC(N)=NCC(O)COCC(C)C.I. The fraction of sp³-hybridized carbons (Fsp3) is 0.923. The lowest BCUT2D eigenvalue weighted by Gasteiger charge is -2.11. The molecule has 122 valence electrons. The van der Waals surface area contributed by atoms with Crippen molar-refractivity contribution in [3.63, 3.8) is 0 Å². The second-order valence-electron chi connectivity index (χ2n) is 4.79. The quantitative estimate of drug-likeness (QED) is 0.207. The molecule has 1 unspecified atom stereocenters. The molecule has 0 aliphatic rings. The van der Waals surface area contributed by atoms with E-state index in [2.05, 4.69) is 24.2 Å². The second kappa shape index (κ2) is 15.3. The van der Waals surface area contributed by atoms with Gasteiger partial charge in [-0.05, 0) is 19.3 Å². The highest BCUT2D eigenvalue weighted by molar-refractivity contribution is 14.0. The summed E-state index contributed by atoms with van der Waals surface area (Å²) in [6.07, 6.45) is 0.270. The van der Waals surface area contributed by atoms with Gasteiger partial charge >= 0.3 is 0 Å². The van der Waals surface area contributed by atoms with Crippen molar-refractivity contribution in [3.8, 4) is 0 Å². The van der Waals surface area contributed by atoms with Gasteiger partial charge in [-0.1, -0.05) is 13.8 Å². The van der Waals surface area contributed by atoms with Crippen molar-refractivity contribution < 1.29 is 14.6 Å². The van der Waals surface area contributed by atoms with E-state index in [4.69, 9.17) is 15.2 Å². The average Bonchev–Trinajstić information content (AvgIpc) is 2.35. The van der Waals surface area contributed by atoms with Gasteiger partial charge in [0.05, 0.1) is 19.3 Å². The Bertz CT molecular complexity index is 241. The van der Waals surface area contributed by atoms with Crippen LogP contribution in [0.25, 0.3) is 0 Å². The number of halogens is 1. The van der Waals surface area contributed by atoms with E-state index in [0.29, 0.717) is 31.7 Å². The molecule has 0 aromatic heterocycles. The molecule has 0 radical (unpaired) electrons. The van der Waals surface area contributed by atoms with Gasteiger partial charge in [0.1, 0.15) is 0 Å². The molecule has 0 saturated carbocycles. The second-order valence-corrected chi connectivity index (χ2v) is 4.79. The topological polar surface area (TPSA) is 89.1 Å². The molecule has 0 aliphatic carbocycles. The highest BCUT2D eigenvalue weighted by atomic mass is 127. The zero-order chi connectivity index (χ0) is 14.5. The molecule has 0 fully saturated rings. The number of nitrogens with one attached hydrogen (secondary N) is 1. The fourth-order valence-electron chi connectivity index (χ4n) is 1.29. The lowest BCUT2D eigenvalue weighted by molar-refractivity contribution is 0.0301. The van der Waals surface area contributed by atoms with E-state index < -0.39 is 6.10 Å². The molecule has 0 aromatic rings. The molecule has 4 N–H and O–H groups in total. The van der Waals surface area contributed by atoms with Crippen LogP contribution in [0.2, 0.25) is 0 Å². The number of nitrogens with two attached hydrogens (primary N) is 1. The Hall–Kier alpha value is -0.120. The summed E-state index contributed by atoms with van der Waals surface area (Å²) in [5, 5.41) is 12.6. The van der Waals surface area contributed by atoms with Crippen LogP contribution in [0.1, 0.15) is 27.2 Å². The first-order valence-corrected chi connectivity index (χ1v) is 6.93. The molecule has 0 saturated heterocycles. The van der Waals surface area contributed by atoms with E-state index >= 15 is 0 Å². The smallest absolute Gasteiger partial charge is 0.188 e. The monoisotopic (exact) mass is 403 g/mol. The van der Waals surface area contributed by atoms with Crippen LogP contribution in [0.3, 0.4) is 0 Å². The summed E-state index contributed by atoms with van der Waals surface area (Å²) in [7, 11) is 0. The Morgan fingerprint density at radius 3 is 2.60 bits per heavy atom. The van der Waals surface area contributed by atoms with E-state index in [0.717, 1.165) is 19.6 Å². The van der Waals surface area contributed by atoms with Gasteiger partial charge in [0, 0.05) is 26.4 Å². The summed E-state index contributed by atoms with van der Waals surface area (Å²) in [6.45, 7) is 9.44. The number of hydrogen-bond acceptors (Lipinski definition) is 4. The van der Waals surface area contributed by atoms with Crippen LogP contribution in [-0.4, -0.2) is 56.7 Å². The molecular weight excluding hydrogens is 373 g/mol. The molecular formula is C13H30IN3O3. The van der Waals surface area contributed by atoms with Crippen molar-refractivity contribution in [3.05, 3.63) is 0 Å². The third-order valence-corrected chi connectivity index (χ3v) is 2.21. The van der Waals surface area contributed by atoms with E-state index in [9.17, 15) is 5.11 Å². The zero-order valence-electron chi connectivity index (χ0n) is 12.8. The van der Waals surface area contributed by atoms with Crippen LogP contribution < -0.4 is 11.1 Å². The molecule has 20 heavy (non-hydrogen) atoms. The summed E-state index contributed by atoms with van der Waals surface area (Å²) >= 11 is 0. The molecule has 0 aromatic carbocycles. The number of nitrogens with zero attached hydrogens (tertiary/aromatic N) is 1. The van der Waals surface area contributed by atoms with Crippen molar-refractivity contribution in [2.45, 2.75) is 33.3 Å². The lowest BCUT2D eigenvalue weighted by atomic mass is 10.2. The van der Waals surface area contributed by atoms with Gasteiger partial charge in [-0.3, -0.25) is 4.99 Å². The molecule has 0 bridgehead atoms. The highest BCUT2D eigenvalue weighted by Crippen LogP contribution is 1.94. The fourth-order valence-corrected chi connectivity index (χ4v) is 1.29. The molecule has 0 aliphatic heterocycles. The van der Waals surface area contributed by atoms with E-state index in [1.807, 2.05) is 6.92 Å². The van der Waals surface area contributed by atoms with Crippen molar-refractivity contribution in [1.29, 1.82) is 0 Å². The molecule has 0 amide bonds. The van der Waals surface area contributed by atoms with Gasteiger partial charge in [0.2, 0.25) is 0 Å². The minimum atomic E-state index is -0.609. The standard InChI is InChI=1S/C13H29N3O3.HI/c1-4-18-7-5-6-15-13(14)16-8-12(17)10-19-9-11(2)3;/h11-12,17H,4-10H2,1-3H3,(H3,14,15,16);1H. The Kier molecular flexibility index (Phi) is 16.9. The molecule has 6 nitrogen and oxygen atoms in total. The van der Waals surface area contributed by atoms with Crippen LogP contribution in [0.5, 0.6) is 0 Å². The first-order chi connectivity index (χ1) is 9.06. The third kappa shape index (κ3) is 15.9. The van der Waals surface area contributed by atoms with Gasteiger partial charge in [0.15, 0.2) is 5.96 Å². The van der Waals surface area contributed by atoms with Crippen molar-refractivity contribution >= 4 is 29.9 Å². The minimum absolute atomic E-state index is 0. The first-order valence-electron chi connectivity index (χ1n) is 6.93. The number of ether oxygens (including phenoxy) is 2. The van der Waals surface area contributed by atoms with Gasteiger partial charge in [-0.15, -0.1) is 24.0 Å². The Balaban J connectivity index is 0. The normalized spacial score (nSPS) is 13.2. The number of hydrogen-bond donors (Lipinski definition) is 3. The molecule has 0 heterocycles. The lowest BCUT2D eigenvalue weighted by Crippen LogP contribution is -2.34. The van der Waals surface area contributed by atoms with E-state index in [1.165, 1.54) is 0 Å². The van der Waals surface area contributed by atoms with Gasteiger partial charge in [-0.2, -0.15) is 0 Å². The largest absolute Gasteiger partial charge is 0.389 e. The summed E-state index contributed by atoms with van der Waals surface area (Å²) in [6, 6.07) is 0.